The van der Waals surface area contributed by atoms with Crippen LogP contribution < -0.4 is 0 Å². The molecule has 116 valence electrons. The fourth-order valence-electron chi connectivity index (χ4n) is 2.94. The maximum absolute atomic E-state index is 12.6. The molecule has 5 heteroatoms. The molecule has 1 saturated heterocycles. The van der Waals surface area contributed by atoms with Crippen LogP contribution in [0.4, 0.5) is 0 Å². The SMILES string of the molecule is CCc1sc(C(=O)N2CCC[C@@H](CCC(=O)O)C2)cc1C. The van der Waals surface area contributed by atoms with Crippen LogP contribution in [0.15, 0.2) is 6.07 Å². The predicted octanol–water partition coefficient (Wildman–Crippen LogP) is 3.34. The number of rotatable bonds is 5. The molecule has 1 N–H and O–H groups in total. The molecule has 1 fully saturated rings. The van der Waals surface area contributed by atoms with Crippen molar-refractivity contribution in [2.45, 2.75) is 46.0 Å². The molecule has 0 radical (unpaired) electrons. The molecule has 0 aromatic carbocycles. The highest BCUT2D eigenvalue weighted by molar-refractivity contribution is 7.14. The molecule has 1 amide bonds. The van der Waals surface area contributed by atoms with Crippen LogP contribution in [0.5, 0.6) is 0 Å². The highest BCUT2D eigenvalue weighted by Crippen LogP contribution is 2.27. The van der Waals surface area contributed by atoms with Crippen LogP contribution in [-0.4, -0.2) is 35.0 Å². The summed E-state index contributed by atoms with van der Waals surface area (Å²) in [6, 6.07) is 1.99. The first kappa shape index (κ1) is 16.0. The van der Waals surface area contributed by atoms with Gasteiger partial charge >= 0.3 is 5.97 Å². The third kappa shape index (κ3) is 4.06. The topological polar surface area (TPSA) is 57.6 Å². The Kier molecular flexibility index (Phi) is 5.39. The van der Waals surface area contributed by atoms with Gasteiger partial charge in [0.05, 0.1) is 4.88 Å². The maximum Gasteiger partial charge on any atom is 0.303 e. The Bertz CT molecular complexity index is 524. The van der Waals surface area contributed by atoms with Crippen molar-refractivity contribution in [2.75, 3.05) is 13.1 Å². The summed E-state index contributed by atoms with van der Waals surface area (Å²) < 4.78 is 0. The van der Waals surface area contributed by atoms with Gasteiger partial charge in [0.15, 0.2) is 0 Å². The molecule has 21 heavy (non-hydrogen) atoms. The number of amides is 1. The summed E-state index contributed by atoms with van der Waals surface area (Å²) in [4.78, 5) is 27.3. The fraction of sp³-hybridized carbons (Fsp3) is 0.625. The smallest absolute Gasteiger partial charge is 0.303 e. The minimum atomic E-state index is -0.750. The van der Waals surface area contributed by atoms with E-state index in [1.165, 1.54) is 10.4 Å². The van der Waals surface area contributed by atoms with E-state index in [0.717, 1.165) is 30.7 Å². The molecule has 0 aliphatic carbocycles. The lowest BCUT2D eigenvalue weighted by Crippen LogP contribution is -2.39. The molecule has 2 rings (SSSR count). The average Bonchev–Trinajstić information content (AvgIpc) is 2.85. The van der Waals surface area contributed by atoms with E-state index in [9.17, 15) is 9.59 Å². The second-order valence-electron chi connectivity index (χ2n) is 5.76. The third-order valence-electron chi connectivity index (χ3n) is 4.13. The summed E-state index contributed by atoms with van der Waals surface area (Å²) in [5.74, 6) is -0.312. The van der Waals surface area contributed by atoms with E-state index in [4.69, 9.17) is 5.11 Å². The zero-order chi connectivity index (χ0) is 15.4. The third-order valence-corrected chi connectivity index (χ3v) is 5.49. The minimum absolute atomic E-state index is 0.114. The number of carbonyl (C=O) groups excluding carboxylic acids is 1. The molecule has 0 spiro atoms. The Hall–Kier alpha value is -1.36. The van der Waals surface area contributed by atoms with E-state index in [-0.39, 0.29) is 12.3 Å². The van der Waals surface area contributed by atoms with Crippen molar-refractivity contribution in [3.05, 3.63) is 21.4 Å². The predicted molar refractivity (Wildman–Crippen MR) is 83.9 cm³/mol. The Morgan fingerprint density at radius 1 is 1.48 bits per heavy atom. The van der Waals surface area contributed by atoms with Crippen LogP contribution in [0.1, 0.15) is 52.7 Å². The standard InChI is InChI=1S/C16H23NO3S/c1-3-13-11(2)9-14(21-13)16(20)17-8-4-5-12(10-17)6-7-15(18)19/h9,12H,3-8,10H2,1-2H3,(H,18,19)/t12-/m0/s1. The summed E-state index contributed by atoms with van der Waals surface area (Å²) in [5, 5.41) is 8.78. The maximum atomic E-state index is 12.6. The van der Waals surface area contributed by atoms with E-state index in [2.05, 4.69) is 13.8 Å². The highest BCUT2D eigenvalue weighted by Gasteiger charge is 2.26. The zero-order valence-electron chi connectivity index (χ0n) is 12.7. The van der Waals surface area contributed by atoms with E-state index < -0.39 is 5.97 Å². The fourth-order valence-corrected chi connectivity index (χ4v) is 4.03. The molecule has 4 nitrogen and oxygen atoms in total. The number of aryl methyl sites for hydroxylation is 2. The van der Waals surface area contributed by atoms with Gasteiger partial charge in [-0.05, 0) is 50.2 Å². The number of likely N-dealkylation sites (tertiary alicyclic amines) is 1. The van der Waals surface area contributed by atoms with Gasteiger partial charge in [0, 0.05) is 24.4 Å². The zero-order valence-corrected chi connectivity index (χ0v) is 13.5. The van der Waals surface area contributed by atoms with Crippen molar-refractivity contribution in [2.24, 2.45) is 5.92 Å². The lowest BCUT2D eigenvalue weighted by atomic mass is 9.93. The molecule has 0 bridgehead atoms. The van der Waals surface area contributed by atoms with Crippen LogP contribution in [0.2, 0.25) is 0 Å². The van der Waals surface area contributed by atoms with Crippen molar-refractivity contribution in [1.29, 1.82) is 0 Å². The molecular weight excluding hydrogens is 286 g/mol. The van der Waals surface area contributed by atoms with Crippen LogP contribution >= 0.6 is 11.3 Å². The molecule has 1 atom stereocenters. The van der Waals surface area contributed by atoms with Crippen LogP contribution in [0.25, 0.3) is 0 Å². The second-order valence-corrected chi connectivity index (χ2v) is 6.90. The van der Waals surface area contributed by atoms with Crippen molar-refractivity contribution in [1.82, 2.24) is 4.90 Å². The van der Waals surface area contributed by atoms with Gasteiger partial charge in [-0.15, -0.1) is 11.3 Å². The number of carboxylic acids is 1. The van der Waals surface area contributed by atoms with E-state index in [1.807, 2.05) is 11.0 Å². The quantitative estimate of drug-likeness (QED) is 0.907. The van der Waals surface area contributed by atoms with Gasteiger partial charge in [-0.1, -0.05) is 6.92 Å². The van der Waals surface area contributed by atoms with E-state index >= 15 is 0 Å². The van der Waals surface area contributed by atoms with Gasteiger partial charge in [-0.2, -0.15) is 0 Å². The summed E-state index contributed by atoms with van der Waals surface area (Å²) in [6.07, 6.45) is 3.83. The van der Waals surface area contributed by atoms with Gasteiger partial charge in [-0.25, -0.2) is 0 Å². The number of hydrogen-bond donors (Lipinski definition) is 1. The second kappa shape index (κ2) is 7.07. The number of piperidine rings is 1. The van der Waals surface area contributed by atoms with Crippen molar-refractivity contribution in [3.8, 4) is 0 Å². The summed E-state index contributed by atoms with van der Waals surface area (Å²) in [7, 11) is 0. The molecular formula is C16H23NO3S. The molecule has 2 heterocycles. The van der Waals surface area contributed by atoms with Gasteiger partial charge in [0.25, 0.3) is 5.91 Å². The van der Waals surface area contributed by atoms with Gasteiger partial charge in [0.2, 0.25) is 0 Å². The average molecular weight is 309 g/mol. The monoisotopic (exact) mass is 309 g/mol. The Morgan fingerprint density at radius 3 is 2.86 bits per heavy atom. The minimum Gasteiger partial charge on any atom is -0.481 e. The summed E-state index contributed by atoms with van der Waals surface area (Å²) in [5.41, 5.74) is 1.20. The number of hydrogen-bond acceptors (Lipinski definition) is 3. The van der Waals surface area contributed by atoms with Crippen molar-refractivity contribution in [3.63, 3.8) is 0 Å². The first-order chi connectivity index (χ1) is 10.0. The first-order valence-corrected chi connectivity index (χ1v) is 8.43. The Labute approximate surface area is 129 Å². The lowest BCUT2D eigenvalue weighted by Gasteiger charge is -2.32. The van der Waals surface area contributed by atoms with Crippen LogP contribution in [0.3, 0.4) is 0 Å². The number of carbonyl (C=O) groups is 2. The lowest BCUT2D eigenvalue weighted by molar-refractivity contribution is -0.137. The van der Waals surface area contributed by atoms with Gasteiger partial charge in [-0.3, -0.25) is 9.59 Å². The van der Waals surface area contributed by atoms with E-state index in [0.29, 0.717) is 18.9 Å². The highest BCUT2D eigenvalue weighted by atomic mass is 32.1. The van der Waals surface area contributed by atoms with Crippen molar-refractivity contribution >= 4 is 23.2 Å². The molecule has 1 aliphatic heterocycles. The largest absolute Gasteiger partial charge is 0.481 e. The number of carboxylic acid groups (broad SMARTS) is 1. The molecule has 1 aromatic rings. The van der Waals surface area contributed by atoms with Crippen molar-refractivity contribution < 1.29 is 14.7 Å². The molecule has 1 aliphatic rings. The first-order valence-electron chi connectivity index (χ1n) is 7.61. The number of nitrogens with zero attached hydrogens (tertiary/aromatic N) is 1. The number of thiophene rings is 1. The summed E-state index contributed by atoms with van der Waals surface area (Å²) in [6.45, 7) is 5.65. The molecule has 0 saturated carbocycles. The Balaban J connectivity index is 1.99. The Morgan fingerprint density at radius 2 is 2.24 bits per heavy atom. The molecule has 1 aromatic heterocycles. The van der Waals surface area contributed by atoms with Gasteiger partial charge < -0.3 is 10.0 Å². The molecule has 0 unspecified atom stereocenters. The van der Waals surface area contributed by atoms with E-state index in [1.54, 1.807) is 11.3 Å². The van der Waals surface area contributed by atoms with Crippen LogP contribution in [-0.2, 0) is 11.2 Å². The summed E-state index contributed by atoms with van der Waals surface area (Å²) >= 11 is 1.60. The number of aliphatic carboxylic acids is 1. The van der Waals surface area contributed by atoms with Crippen LogP contribution in [0, 0.1) is 12.8 Å². The van der Waals surface area contributed by atoms with Gasteiger partial charge in [0.1, 0.15) is 0 Å². The normalized spacial score (nSPS) is 18.8.